The predicted octanol–water partition coefficient (Wildman–Crippen LogP) is 5.15. The molecule has 0 heterocycles. The molecule has 0 fully saturated rings. The summed E-state index contributed by atoms with van der Waals surface area (Å²) < 4.78 is 26.8. The van der Waals surface area contributed by atoms with E-state index in [1.165, 1.54) is 0 Å². The van der Waals surface area contributed by atoms with Gasteiger partial charge in [-0.15, -0.1) is 0 Å². The molecule has 3 heteroatoms. The van der Waals surface area contributed by atoms with Gasteiger partial charge in [0.1, 0.15) is 11.6 Å². The van der Waals surface area contributed by atoms with Crippen molar-refractivity contribution in [3.05, 3.63) is 34.9 Å². The lowest BCUT2D eigenvalue weighted by molar-refractivity contribution is 0.339. The van der Waals surface area contributed by atoms with Crippen molar-refractivity contribution in [3.63, 3.8) is 0 Å². The molecule has 16 heavy (non-hydrogen) atoms. The van der Waals surface area contributed by atoms with E-state index in [2.05, 4.69) is 36.7 Å². The zero-order chi connectivity index (χ0) is 12.5. The van der Waals surface area contributed by atoms with E-state index in [4.69, 9.17) is 0 Å². The first kappa shape index (κ1) is 13.6. The number of hydrogen-bond acceptors (Lipinski definition) is 0. The zero-order valence-electron chi connectivity index (χ0n) is 10.1. The van der Waals surface area contributed by atoms with Crippen molar-refractivity contribution in [1.82, 2.24) is 0 Å². The molecular formula is C13H17BrF2. The second-order valence-electron chi connectivity index (χ2n) is 4.83. The van der Waals surface area contributed by atoms with E-state index in [0.29, 0.717) is 11.1 Å². The standard InChI is InChI=1S/C13H17BrF2/c1-5-13(3,4)12(14)9-6-8(2)10(15)7-11(9)16/h6-7,12H,5H2,1-4H3. The van der Waals surface area contributed by atoms with Crippen LogP contribution < -0.4 is 0 Å². The Morgan fingerprint density at radius 1 is 1.25 bits per heavy atom. The Labute approximate surface area is 104 Å². The third kappa shape index (κ3) is 2.62. The summed E-state index contributed by atoms with van der Waals surface area (Å²) >= 11 is 3.51. The first-order valence-electron chi connectivity index (χ1n) is 5.39. The molecule has 0 bridgehead atoms. The van der Waals surface area contributed by atoms with Crippen molar-refractivity contribution in [2.45, 2.75) is 38.9 Å². The highest BCUT2D eigenvalue weighted by Crippen LogP contribution is 2.44. The van der Waals surface area contributed by atoms with Crippen LogP contribution in [0.25, 0.3) is 0 Å². The Bertz CT molecular complexity index is 386. The lowest BCUT2D eigenvalue weighted by Crippen LogP contribution is -2.18. The van der Waals surface area contributed by atoms with Gasteiger partial charge in [0.2, 0.25) is 0 Å². The van der Waals surface area contributed by atoms with E-state index >= 15 is 0 Å². The van der Waals surface area contributed by atoms with E-state index in [9.17, 15) is 8.78 Å². The summed E-state index contributed by atoms with van der Waals surface area (Å²) in [6.07, 6.45) is 0.915. The zero-order valence-corrected chi connectivity index (χ0v) is 11.7. The molecule has 0 aliphatic carbocycles. The third-order valence-corrected chi connectivity index (χ3v) is 4.88. The van der Waals surface area contributed by atoms with Gasteiger partial charge in [0.05, 0.1) is 0 Å². The molecule has 0 nitrogen and oxygen atoms in total. The molecule has 0 radical (unpaired) electrons. The van der Waals surface area contributed by atoms with Crippen LogP contribution >= 0.6 is 15.9 Å². The molecule has 1 aromatic rings. The molecule has 1 atom stereocenters. The van der Waals surface area contributed by atoms with Crippen LogP contribution in [0.4, 0.5) is 8.78 Å². The van der Waals surface area contributed by atoms with Crippen molar-refractivity contribution in [3.8, 4) is 0 Å². The lowest BCUT2D eigenvalue weighted by atomic mass is 9.83. The molecule has 0 N–H and O–H groups in total. The average Bonchev–Trinajstić information content (AvgIpc) is 2.22. The molecule has 0 aromatic heterocycles. The quantitative estimate of drug-likeness (QED) is 0.676. The Morgan fingerprint density at radius 2 is 1.81 bits per heavy atom. The fourth-order valence-electron chi connectivity index (χ4n) is 1.47. The van der Waals surface area contributed by atoms with Gasteiger partial charge < -0.3 is 0 Å². The fraction of sp³-hybridized carbons (Fsp3) is 0.538. The number of rotatable bonds is 3. The average molecular weight is 291 g/mol. The highest BCUT2D eigenvalue weighted by Gasteiger charge is 2.29. The van der Waals surface area contributed by atoms with Crippen molar-refractivity contribution in [2.24, 2.45) is 5.41 Å². The Morgan fingerprint density at radius 3 is 2.31 bits per heavy atom. The Kier molecular flexibility index (Phi) is 4.11. The number of benzene rings is 1. The minimum Gasteiger partial charge on any atom is -0.207 e. The molecule has 0 aliphatic heterocycles. The number of aryl methyl sites for hydroxylation is 1. The van der Waals surface area contributed by atoms with E-state index < -0.39 is 11.6 Å². The van der Waals surface area contributed by atoms with Gasteiger partial charge >= 0.3 is 0 Å². The lowest BCUT2D eigenvalue weighted by Gasteiger charge is -2.29. The maximum absolute atomic E-state index is 13.7. The van der Waals surface area contributed by atoms with Crippen molar-refractivity contribution < 1.29 is 8.78 Å². The molecule has 1 rings (SSSR count). The van der Waals surface area contributed by atoms with Crippen LogP contribution in [0.15, 0.2) is 12.1 Å². The van der Waals surface area contributed by atoms with Crippen LogP contribution in [-0.2, 0) is 0 Å². The summed E-state index contributed by atoms with van der Waals surface area (Å²) in [7, 11) is 0. The molecule has 0 aliphatic rings. The van der Waals surface area contributed by atoms with E-state index in [1.54, 1.807) is 13.0 Å². The van der Waals surface area contributed by atoms with Gasteiger partial charge in [-0.3, -0.25) is 0 Å². The Hall–Kier alpha value is -0.440. The summed E-state index contributed by atoms with van der Waals surface area (Å²) in [4.78, 5) is -0.107. The highest BCUT2D eigenvalue weighted by atomic mass is 79.9. The number of halogens is 3. The second kappa shape index (κ2) is 4.82. The summed E-state index contributed by atoms with van der Waals surface area (Å²) in [5, 5.41) is 0. The van der Waals surface area contributed by atoms with Gasteiger partial charge in [-0.25, -0.2) is 8.78 Å². The van der Waals surface area contributed by atoms with Crippen LogP contribution in [0, 0.1) is 24.0 Å². The predicted molar refractivity (Wildman–Crippen MR) is 66.8 cm³/mol. The van der Waals surface area contributed by atoms with Gasteiger partial charge in [-0.2, -0.15) is 0 Å². The topological polar surface area (TPSA) is 0 Å². The minimum absolute atomic E-state index is 0.0644. The Balaban J connectivity index is 3.19. The normalized spacial score (nSPS) is 13.9. The SMILES string of the molecule is CCC(C)(C)C(Br)c1cc(C)c(F)cc1F. The van der Waals surface area contributed by atoms with Crippen molar-refractivity contribution in [1.29, 1.82) is 0 Å². The summed E-state index contributed by atoms with van der Waals surface area (Å²) in [5.74, 6) is -0.971. The summed E-state index contributed by atoms with van der Waals surface area (Å²) in [5.41, 5.74) is 0.948. The molecule has 0 spiro atoms. The summed E-state index contributed by atoms with van der Waals surface area (Å²) in [6, 6.07) is 2.55. The van der Waals surface area contributed by atoms with Crippen molar-refractivity contribution in [2.75, 3.05) is 0 Å². The molecular weight excluding hydrogens is 274 g/mol. The number of hydrogen-bond donors (Lipinski definition) is 0. The first-order chi connectivity index (χ1) is 7.29. The van der Waals surface area contributed by atoms with Gasteiger partial charge in [-0.05, 0) is 30.4 Å². The van der Waals surface area contributed by atoms with E-state index in [-0.39, 0.29) is 10.2 Å². The van der Waals surface area contributed by atoms with Gasteiger partial charge in [0.25, 0.3) is 0 Å². The monoisotopic (exact) mass is 290 g/mol. The molecule has 0 saturated carbocycles. The first-order valence-corrected chi connectivity index (χ1v) is 6.30. The van der Waals surface area contributed by atoms with Crippen LogP contribution in [0.3, 0.4) is 0 Å². The second-order valence-corrected chi connectivity index (χ2v) is 5.74. The van der Waals surface area contributed by atoms with Gasteiger partial charge in [0.15, 0.2) is 0 Å². The maximum atomic E-state index is 13.7. The van der Waals surface area contributed by atoms with E-state index in [1.807, 2.05) is 0 Å². The largest absolute Gasteiger partial charge is 0.207 e. The van der Waals surface area contributed by atoms with Gasteiger partial charge in [-0.1, -0.05) is 36.7 Å². The van der Waals surface area contributed by atoms with Gasteiger partial charge in [0, 0.05) is 16.5 Å². The molecule has 1 unspecified atom stereocenters. The molecule has 0 saturated heterocycles. The van der Waals surface area contributed by atoms with Crippen molar-refractivity contribution >= 4 is 15.9 Å². The molecule has 90 valence electrons. The smallest absolute Gasteiger partial charge is 0.130 e. The fourth-order valence-corrected chi connectivity index (χ4v) is 2.15. The number of alkyl halides is 1. The molecule has 0 amide bonds. The maximum Gasteiger partial charge on any atom is 0.130 e. The third-order valence-electron chi connectivity index (χ3n) is 3.15. The van der Waals surface area contributed by atoms with Crippen LogP contribution in [0.1, 0.15) is 43.1 Å². The van der Waals surface area contributed by atoms with Crippen LogP contribution in [0.2, 0.25) is 0 Å². The van der Waals surface area contributed by atoms with E-state index in [0.717, 1.165) is 12.5 Å². The summed E-state index contributed by atoms with van der Waals surface area (Å²) in [6.45, 7) is 7.83. The molecule has 1 aromatic carbocycles. The minimum atomic E-state index is -0.491. The van der Waals surface area contributed by atoms with Crippen LogP contribution in [0.5, 0.6) is 0 Å². The van der Waals surface area contributed by atoms with Crippen LogP contribution in [-0.4, -0.2) is 0 Å². The highest BCUT2D eigenvalue weighted by molar-refractivity contribution is 9.09.